The van der Waals surface area contributed by atoms with Gasteiger partial charge in [-0.1, -0.05) is 51.7 Å². The van der Waals surface area contributed by atoms with Crippen molar-refractivity contribution in [1.82, 2.24) is 0 Å². The van der Waals surface area contributed by atoms with Crippen LogP contribution in [0.2, 0.25) is 0 Å². The highest BCUT2D eigenvalue weighted by atomic mass is 32.2. The average molecular weight is 610 g/mol. The van der Waals surface area contributed by atoms with Crippen molar-refractivity contribution in [2.75, 3.05) is 31.4 Å². The molecule has 0 radical (unpaired) electrons. The van der Waals surface area contributed by atoms with Gasteiger partial charge in [0.25, 0.3) is 0 Å². The standard InChI is InChI=1S/C35H48N2O5S/c1-5-7-19-35(20-8-6-2)26-43(40,41)32-18-15-28(36(3)4)24-31(32)33(34(35)39)27-13-16-30(17-14-27)42-23-10-9-21-37-22-11-12-29(38)25-37/h11-18,22,24-25,33-34,39H,5-10,19-21,23,26H2,1-4H3/p+1/t33-,34-/m1/s1. The van der Waals surface area contributed by atoms with Crippen LogP contribution in [-0.2, 0) is 16.4 Å². The number of hydrogen-bond donors (Lipinski definition) is 2. The molecule has 2 N–H and O–H groups in total. The van der Waals surface area contributed by atoms with Crippen molar-refractivity contribution in [3.05, 3.63) is 78.1 Å². The molecule has 0 spiro atoms. The van der Waals surface area contributed by atoms with Crippen LogP contribution in [0.5, 0.6) is 11.5 Å². The molecule has 1 aliphatic rings. The Morgan fingerprint density at radius 3 is 2.30 bits per heavy atom. The van der Waals surface area contributed by atoms with E-state index in [0.717, 1.165) is 62.1 Å². The van der Waals surface area contributed by atoms with Gasteiger partial charge < -0.3 is 19.8 Å². The minimum absolute atomic E-state index is 0.0337. The quantitative estimate of drug-likeness (QED) is 0.166. The Morgan fingerprint density at radius 1 is 0.977 bits per heavy atom. The largest absolute Gasteiger partial charge is 0.503 e. The van der Waals surface area contributed by atoms with Crippen molar-refractivity contribution in [3.63, 3.8) is 0 Å². The van der Waals surface area contributed by atoms with E-state index < -0.39 is 27.3 Å². The molecule has 0 saturated heterocycles. The topological polar surface area (TPSA) is 91.0 Å². The van der Waals surface area contributed by atoms with Crippen LogP contribution in [0.15, 0.2) is 71.9 Å². The summed E-state index contributed by atoms with van der Waals surface area (Å²) in [6, 6.07) is 16.9. The molecule has 0 bridgehead atoms. The van der Waals surface area contributed by atoms with E-state index in [-0.39, 0.29) is 11.5 Å². The number of hydrogen-bond acceptors (Lipinski definition) is 6. The van der Waals surface area contributed by atoms with Gasteiger partial charge in [-0.25, -0.2) is 13.0 Å². The Bertz CT molecular complexity index is 1430. The Kier molecular flexibility index (Phi) is 11.1. The first-order chi connectivity index (χ1) is 20.6. The van der Waals surface area contributed by atoms with E-state index in [0.29, 0.717) is 29.9 Å². The number of sulfone groups is 1. The number of unbranched alkanes of at least 4 members (excludes halogenated alkanes) is 3. The highest BCUT2D eigenvalue weighted by molar-refractivity contribution is 7.91. The normalized spacial score (nSPS) is 18.9. The van der Waals surface area contributed by atoms with Crippen LogP contribution in [0.1, 0.15) is 82.3 Å². The van der Waals surface area contributed by atoms with Crippen molar-refractivity contribution >= 4 is 15.5 Å². The summed E-state index contributed by atoms with van der Waals surface area (Å²) >= 11 is 0. The van der Waals surface area contributed by atoms with E-state index in [4.69, 9.17) is 4.74 Å². The van der Waals surface area contributed by atoms with Crippen molar-refractivity contribution in [1.29, 1.82) is 0 Å². The second-order valence-electron chi connectivity index (χ2n) is 12.3. The number of rotatable bonds is 14. The van der Waals surface area contributed by atoms with Gasteiger partial charge >= 0.3 is 0 Å². The summed E-state index contributed by atoms with van der Waals surface area (Å²) < 4.78 is 36.0. The van der Waals surface area contributed by atoms with Gasteiger partial charge in [-0.15, -0.1) is 0 Å². The van der Waals surface area contributed by atoms with Crippen LogP contribution in [0.3, 0.4) is 0 Å². The van der Waals surface area contributed by atoms with Crippen LogP contribution in [-0.4, -0.2) is 51.2 Å². The lowest BCUT2D eigenvalue weighted by Gasteiger charge is -2.40. The predicted molar refractivity (Wildman–Crippen MR) is 172 cm³/mol. The van der Waals surface area contributed by atoms with Gasteiger partial charge in [0.1, 0.15) is 12.3 Å². The van der Waals surface area contributed by atoms with Crippen molar-refractivity contribution in [2.45, 2.75) is 88.7 Å². The zero-order valence-corrected chi connectivity index (χ0v) is 27.0. The van der Waals surface area contributed by atoms with Gasteiger partial charge in [0.2, 0.25) is 6.20 Å². The number of benzene rings is 2. The number of ether oxygens (including phenoxy) is 1. The third-order valence-corrected chi connectivity index (χ3v) is 10.8. The highest BCUT2D eigenvalue weighted by Crippen LogP contribution is 2.50. The molecule has 0 unspecified atom stereocenters. The van der Waals surface area contributed by atoms with E-state index in [2.05, 4.69) is 13.8 Å². The molecule has 8 heteroatoms. The molecule has 1 aliphatic heterocycles. The number of nitrogens with zero attached hydrogens (tertiary/aromatic N) is 2. The zero-order chi connectivity index (χ0) is 31.0. The van der Waals surface area contributed by atoms with E-state index in [1.807, 2.05) is 72.2 Å². The lowest BCUT2D eigenvalue weighted by Crippen LogP contribution is -2.43. The summed E-state index contributed by atoms with van der Waals surface area (Å²) in [4.78, 5) is 2.31. The number of fused-ring (bicyclic) bond motifs is 1. The van der Waals surface area contributed by atoms with Gasteiger partial charge in [-0.3, -0.25) is 0 Å². The SMILES string of the molecule is CCCCC1(CCCC)CS(=O)(=O)c2ccc(N(C)C)cc2[C@@H](c2ccc(OCCCC[n+]3cccc(O)c3)cc2)[C@H]1O. The fraction of sp³-hybridized carbons (Fsp3) is 0.514. The molecule has 0 amide bonds. The van der Waals surface area contributed by atoms with E-state index in [1.165, 1.54) is 0 Å². The number of aliphatic hydroxyl groups excluding tert-OH is 1. The highest BCUT2D eigenvalue weighted by Gasteiger charge is 2.49. The molecular weight excluding hydrogens is 560 g/mol. The smallest absolute Gasteiger partial charge is 0.210 e. The average Bonchev–Trinajstić information content (AvgIpc) is 3.05. The molecule has 0 aliphatic carbocycles. The molecule has 43 heavy (non-hydrogen) atoms. The molecule has 2 heterocycles. The van der Waals surface area contributed by atoms with Crippen molar-refractivity contribution in [2.24, 2.45) is 5.41 Å². The summed E-state index contributed by atoms with van der Waals surface area (Å²) in [5.74, 6) is 0.488. The Hall–Kier alpha value is -3.10. The third-order valence-electron chi connectivity index (χ3n) is 8.82. The van der Waals surface area contributed by atoms with Crippen LogP contribution in [0.4, 0.5) is 5.69 Å². The summed E-state index contributed by atoms with van der Waals surface area (Å²) in [6.07, 6.45) is 9.58. The third kappa shape index (κ3) is 7.90. The number of pyridine rings is 1. The van der Waals surface area contributed by atoms with E-state index >= 15 is 0 Å². The van der Waals surface area contributed by atoms with Crippen LogP contribution in [0, 0.1) is 5.41 Å². The molecule has 3 aromatic rings. The Morgan fingerprint density at radius 2 is 1.67 bits per heavy atom. The molecule has 7 nitrogen and oxygen atoms in total. The second-order valence-corrected chi connectivity index (χ2v) is 14.3. The van der Waals surface area contributed by atoms with Gasteiger partial charge in [0.05, 0.1) is 23.4 Å². The number of anilines is 1. The first-order valence-corrected chi connectivity index (χ1v) is 17.4. The molecule has 1 aromatic heterocycles. The summed E-state index contributed by atoms with van der Waals surface area (Å²) in [5.41, 5.74) is 1.75. The van der Waals surface area contributed by atoms with Crippen molar-refractivity contribution in [3.8, 4) is 11.5 Å². The molecule has 4 rings (SSSR count). The van der Waals surface area contributed by atoms with Crippen LogP contribution in [0.25, 0.3) is 0 Å². The lowest BCUT2D eigenvalue weighted by molar-refractivity contribution is -0.697. The summed E-state index contributed by atoms with van der Waals surface area (Å²) in [6.45, 7) is 5.59. The minimum Gasteiger partial charge on any atom is -0.503 e. The summed E-state index contributed by atoms with van der Waals surface area (Å²) in [7, 11) is 0.258. The fourth-order valence-electron chi connectivity index (χ4n) is 6.40. The zero-order valence-electron chi connectivity index (χ0n) is 26.2. The number of aryl methyl sites for hydroxylation is 1. The monoisotopic (exact) mass is 609 g/mol. The molecular formula is C35H49N2O5S+. The number of aromatic hydroxyl groups is 1. The van der Waals surface area contributed by atoms with E-state index in [1.54, 1.807) is 18.3 Å². The maximum atomic E-state index is 14.0. The predicted octanol–water partition coefficient (Wildman–Crippen LogP) is 6.25. The maximum Gasteiger partial charge on any atom is 0.210 e. The van der Waals surface area contributed by atoms with Gasteiger partial charge in [-0.2, -0.15) is 0 Å². The van der Waals surface area contributed by atoms with Crippen LogP contribution < -0.4 is 14.2 Å². The molecule has 0 saturated carbocycles. The molecule has 2 aromatic carbocycles. The maximum absolute atomic E-state index is 14.0. The second kappa shape index (κ2) is 14.6. The van der Waals surface area contributed by atoms with Crippen molar-refractivity contribution < 1.29 is 27.9 Å². The first kappa shape index (κ1) is 32.8. The van der Waals surface area contributed by atoms with E-state index in [9.17, 15) is 18.6 Å². The van der Waals surface area contributed by atoms with Gasteiger partial charge in [0.15, 0.2) is 21.8 Å². The van der Waals surface area contributed by atoms with Crippen LogP contribution >= 0.6 is 0 Å². The van der Waals surface area contributed by atoms with Gasteiger partial charge in [0, 0.05) is 43.6 Å². The Labute approximate surface area is 258 Å². The Balaban J connectivity index is 1.62. The molecule has 0 fully saturated rings. The number of aliphatic hydroxyl groups is 1. The number of aromatic nitrogens is 1. The minimum atomic E-state index is -3.63. The lowest BCUT2D eigenvalue weighted by atomic mass is 9.68. The first-order valence-electron chi connectivity index (χ1n) is 15.7. The van der Waals surface area contributed by atoms with Gasteiger partial charge in [-0.05, 0) is 66.8 Å². The summed E-state index contributed by atoms with van der Waals surface area (Å²) in [5, 5.41) is 22.0. The molecule has 2 atom stereocenters. The molecule has 234 valence electrons. The fourth-order valence-corrected chi connectivity index (χ4v) is 8.59.